The van der Waals surface area contributed by atoms with Crippen LogP contribution in [0.2, 0.25) is 10.0 Å². The standard InChI is InChI=1S/C16H13Cl2FN4/c17-12-3-6-15(14(18)7-12)22-16(8-23-10-20-9-21-23)11-1-4-13(19)5-2-11/h1-7,9-10,16,22H,8H2. The van der Waals surface area contributed by atoms with Crippen molar-refractivity contribution in [3.8, 4) is 0 Å². The molecule has 1 N–H and O–H groups in total. The number of rotatable bonds is 5. The summed E-state index contributed by atoms with van der Waals surface area (Å²) >= 11 is 12.2. The second-order valence-corrected chi connectivity index (χ2v) is 5.83. The van der Waals surface area contributed by atoms with Gasteiger partial charge in [0.25, 0.3) is 0 Å². The lowest BCUT2D eigenvalue weighted by Crippen LogP contribution is -2.18. The molecule has 4 nitrogen and oxygen atoms in total. The van der Waals surface area contributed by atoms with E-state index in [1.165, 1.54) is 18.5 Å². The molecule has 118 valence electrons. The number of hydrogen-bond acceptors (Lipinski definition) is 3. The van der Waals surface area contributed by atoms with Crippen LogP contribution in [-0.4, -0.2) is 14.8 Å². The maximum atomic E-state index is 13.2. The third-order valence-electron chi connectivity index (χ3n) is 3.37. The van der Waals surface area contributed by atoms with Gasteiger partial charge in [0.2, 0.25) is 0 Å². The first-order valence-electron chi connectivity index (χ1n) is 6.91. The molecular weight excluding hydrogens is 338 g/mol. The predicted octanol–water partition coefficient (Wildman–Crippen LogP) is 4.58. The molecule has 0 aliphatic carbocycles. The van der Waals surface area contributed by atoms with Crippen LogP contribution in [0.25, 0.3) is 0 Å². The third-order valence-corrected chi connectivity index (χ3v) is 3.92. The molecule has 0 spiro atoms. The minimum Gasteiger partial charge on any atom is -0.375 e. The average Bonchev–Trinajstić information content (AvgIpc) is 3.03. The molecule has 1 aromatic heterocycles. The molecule has 1 unspecified atom stereocenters. The van der Waals surface area contributed by atoms with Crippen LogP contribution in [0.1, 0.15) is 11.6 Å². The Hall–Kier alpha value is -2.11. The van der Waals surface area contributed by atoms with Gasteiger partial charge >= 0.3 is 0 Å². The van der Waals surface area contributed by atoms with E-state index < -0.39 is 0 Å². The molecule has 1 heterocycles. The molecule has 23 heavy (non-hydrogen) atoms. The van der Waals surface area contributed by atoms with Gasteiger partial charge in [-0.2, -0.15) is 5.10 Å². The Morgan fingerprint density at radius 2 is 1.91 bits per heavy atom. The molecule has 1 atom stereocenters. The Kier molecular flexibility index (Phi) is 4.79. The Labute approximate surface area is 142 Å². The molecule has 0 saturated heterocycles. The molecule has 0 aliphatic rings. The number of halogens is 3. The molecule has 0 fully saturated rings. The highest BCUT2D eigenvalue weighted by atomic mass is 35.5. The highest BCUT2D eigenvalue weighted by molar-refractivity contribution is 6.36. The molecule has 3 rings (SSSR count). The summed E-state index contributed by atoms with van der Waals surface area (Å²) < 4.78 is 14.9. The van der Waals surface area contributed by atoms with E-state index in [9.17, 15) is 4.39 Å². The topological polar surface area (TPSA) is 42.7 Å². The summed E-state index contributed by atoms with van der Waals surface area (Å²) in [6.45, 7) is 0.518. The molecule has 0 saturated carbocycles. The predicted molar refractivity (Wildman–Crippen MR) is 89.2 cm³/mol. The number of anilines is 1. The Bertz CT molecular complexity index is 775. The van der Waals surface area contributed by atoms with Crippen LogP contribution in [0, 0.1) is 5.82 Å². The van der Waals surface area contributed by atoms with E-state index >= 15 is 0 Å². The molecule has 7 heteroatoms. The Balaban J connectivity index is 1.89. The van der Waals surface area contributed by atoms with E-state index in [0.717, 1.165) is 11.3 Å². The smallest absolute Gasteiger partial charge is 0.137 e. The van der Waals surface area contributed by atoms with Crippen LogP contribution < -0.4 is 5.32 Å². The largest absolute Gasteiger partial charge is 0.375 e. The monoisotopic (exact) mass is 350 g/mol. The minimum atomic E-state index is -0.280. The lowest BCUT2D eigenvalue weighted by Gasteiger charge is -2.21. The third kappa shape index (κ3) is 4.00. The van der Waals surface area contributed by atoms with Gasteiger partial charge in [0, 0.05) is 5.02 Å². The van der Waals surface area contributed by atoms with Crippen LogP contribution in [0.15, 0.2) is 55.1 Å². The van der Waals surface area contributed by atoms with Crippen LogP contribution in [0.3, 0.4) is 0 Å². The van der Waals surface area contributed by atoms with Gasteiger partial charge in [0.1, 0.15) is 18.5 Å². The maximum absolute atomic E-state index is 13.2. The van der Waals surface area contributed by atoms with Gasteiger partial charge < -0.3 is 5.32 Å². The second-order valence-electron chi connectivity index (χ2n) is 4.99. The SMILES string of the molecule is Fc1ccc(C(Cn2cncn2)Nc2ccc(Cl)cc2Cl)cc1. The zero-order chi connectivity index (χ0) is 16.2. The van der Waals surface area contributed by atoms with Gasteiger partial charge in [0.05, 0.1) is 23.3 Å². The van der Waals surface area contributed by atoms with Gasteiger partial charge in [-0.1, -0.05) is 35.3 Å². The van der Waals surface area contributed by atoms with E-state index in [0.29, 0.717) is 16.6 Å². The zero-order valence-electron chi connectivity index (χ0n) is 12.0. The van der Waals surface area contributed by atoms with Gasteiger partial charge in [-0.05, 0) is 35.9 Å². The second kappa shape index (κ2) is 6.98. The van der Waals surface area contributed by atoms with E-state index in [1.807, 2.05) is 6.07 Å². The zero-order valence-corrected chi connectivity index (χ0v) is 13.5. The van der Waals surface area contributed by atoms with Gasteiger partial charge in [-0.25, -0.2) is 9.37 Å². The van der Waals surface area contributed by atoms with E-state index in [4.69, 9.17) is 23.2 Å². The maximum Gasteiger partial charge on any atom is 0.137 e. The van der Waals surface area contributed by atoms with Crippen molar-refractivity contribution in [2.45, 2.75) is 12.6 Å². The summed E-state index contributed by atoms with van der Waals surface area (Å²) in [7, 11) is 0. The van der Waals surface area contributed by atoms with Crippen molar-refractivity contribution < 1.29 is 4.39 Å². The highest BCUT2D eigenvalue weighted by Crippen LogP contribution is 2.29. The van der Waals surface area contributed by atoms with Crippen LogP contribution >= 0.6 is 23.2 Å². The quantitative estimate of drug-likeness (QED) is 0.732. The van der Waals surface area contributed by atoms with Gasteiger partial charge in [0.15, 0.2) is 0 Å². The van der Waals surface area contributed by atoms with E-state index in [-0.39, 0.29) is 11.9 Å². The first kappa shape index (κ1) is 15.8. The van der Waals surface area contributed by atoms with Gasteiger partial charge in [-0.3, -0.25) is 4.68 Å². The van der Waals surface area contributed by atoms with Crippen molar-refractivity contribution >= 4 is 28.9 Å². The highest BCUT2D eigenvalue weighted by Gasteiger charge is 2.15. The van der Waals surface area contributed by atoms with Gasteiger partial charge in [-0.15, -0.1) is 0 Å². The molecular formula is C16H13Cl2FN4. The van der Waals surface area contributed by atoms with Crippen molar-refractivity contribution in [2.75, 3.05) is 5.32 Å². The first-order chi connectivity index (χ1) is 11.1. The van der Waals surface area contributed by atoms with Crippen molar-refractivity contribution in [2.24, 2.45) is 0 Å². The van der Waals surface area contributed by atoms with Crippen LogP contribution in [0.4, 0.5) is 10.1 Å². The summed E-state index contributed by atoms with van der Waals surface area (Å²) in [6.07, 6.45) is 3.10. The number of aromatic nitrogens is 3. The Morgan fingerprint density at radius 1 is 1.13 bits per heavy atom. The molecule has 0 amide bonds. The van der Waals surface area contributed by atoms with Crippen molar-refractivity contribution in [1.29, 1.82) is 0 Å². The normalized spacial score (nSPS) is 12.1. The fraction of sp³-hybridized carbons (Fsp3) is 0.125. The molecule has 3 aromatic rings. The molecule has 0 bridgehead atoms. The number of nitrogens with zero attached hydrogens (tertiary/aromatic N) is 3. The summed E-state index contributed by atoms with van der Waals surface area (Å²) in [5.74, 6) is -0.280. The molecule has 0 radical (unpaired) electrons. The fourth-order valence-electron chi connectivity index (χ4n) is 2.24. The molecule has 2 aromatic carbocycles. The van der Waals surface area contributed by atoms with Crippen molar-refractivity contribution in [1.82, 2.24) is 14.8 Å². The first-order valence-corrected chi connectivity index (χ1v) is 7.67. The number of nitrogens with one attached hydrogen (secondary N) is 1. The van der Waals surface area contributed by atoms with E-state index in [2.05, 4.69) is 15.4 Å². The number of hydrogen-bond donors (Lipinski definition) is 1. The molecule has 0 aliphatic heterocycles. The van der Waals surface area contributed by atoms with Crippen molar-refractivity contribution in [3.63, 3.8) is 0 Å². The summed E-state index contributed by atoms with van der Waals surface area (Å²) in [5, 5.41) is 8.54. The number of benzene rings is 2. The average molecular weight is 351 g/mol. The minimum absolute atomic E-state index is 0.157. The van der Waals surface area contributed by atoms with E-state index in [1.54, 1.807) is 35.3 Å². The lowest BCUT2D eigenvalue weighted by molar-refractivity contribution is 0.548. The fourth-order valence-corrected chi connectivity index (χ4v) is 2.70. The summed E-state index contributed by atoms with van der Waals surface area (Å²) in [5.41, 5.74) is 1.65. The Morgan fingerprint density at radius 3 is 2.57 bits per heavy atom. The van der Waals surface area contributed by atoms with Crippen LogP contribution in [0.5, 0.6) is 0 Å². The lowest BCUT2D eigenvalue weighted by atomic mass is 10.1. The summed E-state index contributed by atoms with van der Waals surface area (Å²) in [4.78, 5) is 3.94. The summed E-state index contributed by atoms with van der Waals surface area (Å²) in [6, 6.07) is 11.4. The van der Waals surface area contributed by atoms with Crippen LogP contribution in [-0.2, 0) is 6.54 Å². The van der Waals surface area contributed by atoms with Crippen molar-refractivity contribution in [3.05, 3.63) is 76.5 Å².